The second-order valence-corrected chi connectivity index (χ2v) is 8.07. The molecule has 0 atom stereocenters. The van der Waals surface area contributed by atoms with E-state index < -0.39 is 0 Å². The highest BCUT2D eigenvalue weighted by Gasteiger charge is 2.16. The summed E-state index contributed by atoms with van der Waals surface area (Å²) in [5.41, 5.74) is 5.68. The van der Waals surface area contributed by atoms with Gasteiger partial charge in [-0.25, -0.2) is 0 Å². The summed E-state index contributed by atoms with van der Waals surface area (Å²) in [5.74, 6) is 0. The lowest BCUT2D eigenvalue weighted by atomic mass is 10.0. The van der Waals surface area contributed by atoms with E-state index >= 15 is 0 Å². The molecule has 5 aromatic rings. The van der Waals surface area contributed by atoms with E-state index in [-0.39, 0.29) is 10.9 Å². The smallest absolute Gasteiger partial charge is 0.197 e. The van der Waals surface area contributed by atoms with E-state index in [1.807, 2.05) is 56.3 Å². The molecule has 0 aliphatic heterocycles. The molecule has 0 saturated heterocycles. The highest BCUT2D eigenvalue weighted by molar-refractivity contribution is 6.03. The van der Waals surface area contributed by atoms with Crippen LogP contribution in [0.15, 0.2) is 58.1 Å². The molecule has 0 aliphatic carbocycles. The van der Waals surface area contributed by atoms with Crippen molar-refractivity contribution in [2.45, 2.75) is 40.8 Å². The van der Waals surface area contributed by atoms with Crippen LogP contribution in [0.5, 0.6) is 0 Å². The molecule has 0 unspecified atom stereocenters. The van der Waals surface area contributed by atoms with Crippen LogP contribution in [-0.4, -0.2) is 9.13 Å². The number of aryl methyl sites for hydroxylation is 4. The van der Waals surface area contributed by atoms with E-state index in [1.54, 1.807) is 0 Å². The summed E-state index contributed by atoms with van der Waals surface area (Å²) in [4.78, 5) is 26.9. The van der Waals surface area contributed by atoms with Gasteiger partial charge in [0.1, 0.15) is 0 Å². The van der Waals surface area contributed by atoms with Crippen LogP contribution in [0.4, 0.5) is 0 Å². The Bertz CT molecular complexity index is 1620. The molecule has 2 aromatic heterocycles. The maximum Gasteiger partial charge on any atom is 0.197 e. The maximum atomic E-state index is 13.5. The third-order valence-corrected chi connectivity index (χ3v) is 6.19. The minimum Gasteiger partial charge on any atom is -0.341 e. The molecule has 0 spiro atoms. The number of nitrogens with zero attached hydrogens (tertiary/aromatic N) is 2. The number of fused-ring (bicyclic) bond motifs is 4. The predicted octanol–water partition coefficient (Wildman–Crippen LogP) is 5.28. The van der Waals surface area contributed by atoms with E-state index in [0.717, 1.165) is 57.1 Å². The van der Waals surface area contributed by atoms with Crippen LogP contribution < -0.4 is 10.9 Å². The normalized spacial score (nSPS) is 11.9. The number of rotatable bonds is 2. The first-order valence-electron chi connectivity index (χ1n) is 10.5. The molecule has 3 aromatic carbocycles. The fourth-order valence-corrected chi connectivity index (χ4v) is 4.74. The van der Waals surface area contributed by atoms with Crippen molar-refractivity contribution in [3.63, 3.8) is 0 Å². The third kappa shape index (κ3) is 2.46. The Kier molecular flexibility index (Phi) is 4.07. The number of benzene rings is 3. The fourth-order valence-electron chi connectivity index (χ4n) is 4.74. The molecule has 0 N–H and O–H groups in total. The minimum atomic E-state index is 0.0192. The Morgan fingerprint density at radius 3 is 1.67 bits per heavy atom. The second kappa shape index (κ2) is 6.56. The number of hydrogen-bond acceptors (Lipinski definition) is 2. The first-order chi connectivity index (χ1) is 14.4. The molecule has 4 heteroatoms. The summed E-state index contributed by atoms with van der Waals surface area (Å²) in [6, 6.07) is 15.8. The fraction of sp³-hybridized carbons (Fsp3) is 0.231. The van der Waals surface area contributed by atoms with Crippen molar-refractivity contribution in [2.24, 2.45) is 0 Å². The molecule has 30 heavy (non-hydrogen) atoms. The van der Waals surface area contributed by atoms with Crippen molar-refractivity contribution in [3.8, 4) is 0 Å². The predicted molar refractivity (Wildman–Crippen MR) is 126 cm³/mol. The van der Waals surface area contributed by atoms with Gasteiger partial charge in [-0.3, -0.25) is 9.59 Å². The zero-order chi connectivity index (χ0) is 21.2. The molecule has 2 heterocycles. The largest absolute Gasteiger partial charge is 0.341 e. The highest BCUT2D eigenvalue weighted by Crippen LogP contribution is 2.27. The Morgan fingerprint density at radius 2 is 1.03 bits per heavy atom. The average Bonchev–Trinajstić information content (AvgIpc) is 2.74. The Hall–Kier alpha value is -3.40. The van der Waals surface area contributed by atoms with E-state index in [0.29, 0.717) is 10.8 Å². The van der Waals surface area contributed by atoms with E-state index in [1.165, 1.54) is 0 Å². The first-order valence-corrected chi connectivity index (χ1v) is 10.5. The van der Waals surface area contributed by atoms with Crippen LogP contribution in [0.2, 0.25) is 0 Å². The minimum absolute atomic E-state index is 0.0192. The zero-order valence-electron chi connectivity index (χ0n) is 17.7. The molecule has 0 aliphatic rings. The van der Waals surface area contributed by atoms with Gasteiger partial charge < -0.3 is 9.13 Å². The van der Waals surface area contributed by atoms with E-state index in [2.05, 4.69) is 29.0 Å². The van der Waals surface area contributed by atoms with Gasteiger partial charge in [-0.2, -0.15) is 0 Å². The molecule has 5 rings (SSSR count). The van der Waals surface area contributed by atoms with E-state index in [4.69, 9.17) is 0 Å². The molecule has 4 nitrogen and oxygen atoms in total. The SMILES string of the molecule is CCn1c2ccc(C)cc2c(=O)c2cc3c(cc21)c(=O)c1ccc(C)cc1n3CC. The monoisotopic (exact) mass is 396 g/mol. The molecule has 0 saturated carbocycles. The Balaban J connectivity index is 2.09. The number of hydrogen-bond donors (Lipinski definition) is 0. The second-order valence-electron chi connectivity index (χ2n) is 8.07. The van der Waals surface area contributed by atoms with Crippen LogP contribution in [0, 0.1) is 13.8 Å². The lowest BCUT2D eigenvalue weighted by Crippen LogP contribution is -2.15. The van der Waals surface area contributed by atoms with Crippen molar-refractivity contribution in [3.05, 3.63) is 80.1 Å². The van der Waals surface area contributed by atoms with Gasteiger partial charge in [0.2, 0.25) is 0 Å². The summed E-state index contributed by atoms with van der Waals surface area (Å²) in [5, 5.41) is 2.77. The van der Waals surface area contributed by atoms with Crippen molar-refractivity contribution in [1.82, 2.24) is 9.13 Å². The highest BCUT2D eigenvalue weighted by atomic mass is 16.1. The summed E-state index contributed by atoms with van der Waals surface area (Å²) < 4.78 is 4.29. The van der Waals surface area contributed by atoms with Crippen molar-refractivity contribution in [1.29, 1.82) is 0 Å². The average molecular weight is 396 g/mol. The van der Waals surface area contributed by atoms with E-state index in [9.17, 15) is 9.59 Å². The standard InChI is InChI=1S/C26H24N2O2/c1-5-27-21-10-8-15(3)11-18(21)26(30)20-14-24-19(13-23(20)27)25(29)17-9-7-16(4)12-22(17)28(24)6-2/h7-14H,5-6H2,1-4H3. The molecule has 150 valence electrons. The maximum absolute atomic E-state index is 13.5. The van der Waals surface area contributed by atoms with Crippen molar-refractivity contribution < 1.29 is 0 Å². The molecular weight excluding hydrogens is 372 g/mol. The van der Waals surface area contributed by atoms with Gasteiger partial charge in [-0.05, 0) is 69.7 Å². The molecule has 0 fully saturated rings. The summed E-state index contributed by atoms with van der Waals surface area (Å²) in [6.45, 7) is 9.62. The van der Waals surface area contributed by atoms with Gasteiger partial charge >= 0.3 is 0 Å². The molecule has 0 radical (unpaired) electrons. The Morgan fingerprint density at radius 1 is 0.567 bits per heavy atom. The van der Waals surface area contributed by atoms with Gasteiger partial charge in [-0.1, -0.05) is 17.7 Å². The molecule has 0 bridgehead atoms. The topological polar surface area (TPSA) is 44.0 Å². The summed E-state index contributed by atoms with van der Waals surface area (Å²) in [7, 11) is 0. The summed E-state index contributed by atoms with van der Waals surface area (Å²) in [6.07, 6.45) is 0. The van der Waals surface area contributed by atoms with Crippen LogP contribution in [0.1, 0.15) is 25.0 Å². The number of aromatic nitrogens is 2. The summed E-state index contributed by atoms with van der Waals surface area (Å²) >= 11 is 0. The van der Waals surface area contributed by atoms with Crippen LogP contribution in [0.25, 0.3) is 43.6 Å². The van der Waals surface area contributed by atoms with Gasteiger partial charge in [-0.15, -0.1) is 0 Å². The van der Waals surface area contributed by atoms with Crippen molar-refractivity contribution >= 4 is 43.6 Å². The van der Waals surface area contributed by atoms with Crippen molar-refractivity contribution in [2.75, 3.05) is 0 Å². The van der Waals surface area contributed by atoms with Gasteiger partial charge in [0, 0.05) is 34.6 Å². The lowest BCUT2D eigenvalue weighted by Gasteiger charge is -2.17. The third-order valence-electron chi connectivity index (χ3n) is 6.19. The Labute approximate surface area is 174 Å². The van der Waals surface area contributed by atoms with Crippen LogP contribution >= 0.6 is 0 Å². The van der Waals surface area contributed by atoms with Crippen LogP contribution in [-0.2, 0) is 13.1 Å². The lowest BCUT2D eigenvalue weighted by molar-refractivity contribution is 0.816. The molecule has 0 amide bonds. The van der Waals surface area contributed by atoms with Gasteiger partial charge in [0.05, 0.1) is 22.1 Å². The van der Waals surface area contributed by atoms with Crippen LogP contribution in [0.3, 0.4) is 0 Å². The first kappa shape index (κ1) is 18.6. The number of pyridine rings is 2. The van der Waals surface area contributed by atoms with Gasteiger partial charge in [0.25, 0.3) is 0 Å². The zero-order valence-corrected chi connectivity index (χ0v) is 17.7. The molecular formula is C26H24N2O2. The van der Waals surface area contributed by atoms with Gasteiger partial charge in [0.15, 0.2) is 10.9 Å². The quantitative estimate of drug-likeness (QED) is 0.381.